The first-order valence-corrected chi connectivity index (χ1v) is 7.12. The van der Waals surface area contributed by atoms with Crippen LogP contribution in [0.1, 0.15) is 26.7 Å². The van der Waals surface area contributed by atoms with Crippen LogP contribution in [0.15, 0.2) is 0 Å². The van der Waals surface area contributed by atoms with Gasteiger partial charge in [-0.3, -0.25) is 9.69 Å². The molecule has 2 aliphatic rings. The van der Waals surface area contributed by atoms with E-state index in [4.69, 9.17) is 4.74 Å². The molecule has 1 heterocycles. The van der Waals surface area contributed by atoms with Gasteiger partial charge in [-0.25, -0.2) is 0 Å². The molecule has 0 radical (unpaired) electrons. The average molecular weight is 255 g/mol. The van der Waals surface area contributed by atoms with Crippen molar-refractivity contribution in [2.24, 2.45) is 0 Å². The number of ether oxygens (including phenoxy) is 1. The van der Waals surface area contributed by atoms with Crippen LogP contribution in [0.5, 0.6) is 0 Å². The summed E-state index contributed by atoms with van der Waals surface area (Å²) < 4.78 is 5.60. The Labute approximate surface area is 109 Å². The molecule has 1 saturated carbocycles. The maximum absolute atomic E-state index is 12.0. The summed E-state index contributed by atoms with van der Waals surface area (Å²) in [6.07, 6.45) is 2.55. The SMILES string of the molecule is CCNC(=O)C1CNCCN1C1CC(OCC)C1. The number of amides is 1. The fraction of sp³-hybridized carbons (Fsp3) is 0.923. The number of rotatable bonds is 5. The summed E-state index contributed by atoms with van der Waals surface area (Å²) in [7, 11) is 0. The second-order valence-electron chi connectivity index (χ2n) is 5.05. The molecule has 1 saturated heterocycles. The Hall–Kier alpha value is -0.650. The summed E-state index contributed by atoms with van der Waals surface area (Å²) in [5, 5.41) is 6.24. The lowest BCUT2D eigenvalue weighted by Gasteiger charge is -2.47. The van der Waals surface area contributed by atoms with Gasteiger partial charge >= 0.3 is 0 Å². The van der Waals surface area contributed by atoms with E-state index in [2.05, 4.69) is 15.5 Å². The molecule has 0 spiro atoms. The Balaban J connectivity index is 1.87. The first kappa shape index (κ1) is 13.8. The third-order valence-corrected chi connectivity index (χ3v) is 3.88. The van der Waals surface area contributed by atoms with E-state index >= 15 is 0 Å². The predicted octanol–water partition coefficient (Wildman–Crippen LogP) is -0.0362. The van der Waals surface area contributed by atoms with Crippen LogP contribution in [0.25, 0.3) is 0 Å². The molecule has 1 aliphatic heterocycles. The molecule has 0 bridgehead atoms. The van der Waals surface area contributed by atoms with Crippen LogP contribution in [-0.4, -0.2) is 61.8 Å². The van der Waals surface area contributed by atoms with E-state index in [0.29, 0.717) is 18.7 Å². The van der Waals surface area contributed by atoms with E-state index in [1.807, 2.05) is 13.8 Å². The first-order chi connectivity index (χ1) is 8.76. The van der Waals surface area contributed by atoms with Gasteiger partial charge in [-0.05, 0) is 26.7 Å². The molecule has 1 aliphatic carbocycles. The summed E-state index contributed by atoms with van der Waals surface area (Å²) in [6, 6.07) is 0.516. The van der Waals surface area contributed by atoms with Crippen LogP contribution in [0, 0.1) is 0 Å². The topological polar surface area (TPSA) is 53.6 Å². The number of nitrogens with zero attached hydrogens (tertiary/aromatic N) is 1. The molecule has 0 aromatic rings. The Morgan fingerprint density at radius 3 is 2.89 bits per heavy atom. The number of hydrogen-bond donors (Lipinski definition) is 2. The second kappa shape index (κ2) is 6.50. The molecule has 2 rings (SSSR count). The number of hydrogen-bond acceptors (Lipinski definition) is 4. The van der Waals surface area contributed by atoms with Crippen molar-refractivity contribution >= 4 is 5.91 Å². The zero-order chi connectivity index (χ0) is 13.0. The largest absolute Gasteiger partial charge is 0.378 e. The third-order valence-electron chi connectivity index (χ3n) is 3.88. The Kier molecular flexibility index (Phi) is 4.97. The standard InChI is InChI=1S/C13H25N3O2/c1-3-15-13(17)12-9-14-5-6-16(12)10-7-11(8-10)18-4-2/h10-12,14H,3-9H2,1-2H3,(H,15,17). The minimum absolute atomic E-state index is 0.00808. The third kappa shape index (κ3) is 3.02. The Bertz CT molecular complexity index is 279. The molecular formula is C13H25N3O2. The van der Waals surface area contributed by atoms with Crippen molar-refractivity contribution in [2.45, 2.75) is 44.9 Å². The van der Waals surface area contributed by atoms with Gasteiger partial charge in [0.15, 0.2) is 0 Å². The van der Waals surface area contributed by atoms with Crippen molar-refractivity contribution in [2.75, 3.05) is 32.8 Å². The van der Waals surface area contributed by atoms with E-state index in [1.54, 1.807) is 0 Å². The predicted molar refractivity (Wildman–Crippen MR) is 70.5 cm³/mol. The summed E-state index contributed by atoms with van der Waals surface area (Å²) in [6.45, 7) is 8.20. The molecular weight excluding hydrogens is 230 g/mol. The zero-order valence-corrected chi connectivity index (χ0v) is 11.4. The molecule has 2 fully saturated rings. The number of likely N-dealkylation sites (N-methyl/N-ethyl adjacent to an activating group) is 1. The van der Waals surface area contributed by atoms with Crippen LogP contribution in [0.2, 0.25) is 0 Å². The molecule has 1 amide bonds. The monoisotopic (exact) mass is 255 g/mol. The van der Waals surface area contributed by atoms with Crippen molar-refractivity contribution < 1.29 is 9.53 Å². The van der Waals surface area contributed by atoms with Gasteiger partial charge < -0.3 is 15.4 Å². The highest BCUT2D eigenvalue weighted by molar-refractivity contribution is 5.82. The first-order valence-electron chi connectivity index (χ1n) is 7.12. The quantitative estimate of drug-likeness (QED) is 0.724. The van der Waals surface area contributed by atoms with Crippen molar-refractivity contribution in [1.82, 2.24) is 15.5 Å². The van der Waals surface area contributed by atoms with Gasteiger partial charge in [-0.1, -0.05) is 0 Å². The minimum atomic E-state index is -0.00808. The smallest absolute Gasteiger partial charge is 0.238 e. The normalized spacial score (nSPS) is 32.9. The van der Waals surface area contributed by atoms with Gasteiger partial charge in [0.05, 0.1) is 6.10 Å². The molecule has 0 aromatic carbocycles. The molecule has 1 atom stereocenters. The molecule has 2 N–H and O–H groups in total. The number of carbonyl (C=O) groups excluding carboxylic acids is 1. The Morgan fingerprint density at radius 1 is 1.44 bits per heavy atom. The molecule has 5 heteroatoms. The fourth-order valence-corrected chi connectivity index (χ4v) is 2.87. The van der Waals surface area contributed by atoms with E-state index in [9.17, 15) is 4.79 Å². The average Bonchev–Trinajstić information content (AvgIpc) is 2.34. The van der Waals surface area contributed by atoms with E-state index in [-0.39, 0.29) is 11.9 Å². The highest BCUT2D eigenvalue weighted by Crippen LogP contribution is 2.30. The number of nitrogens with one attached hydrogen (secondary N) is 2. The van der Waals surface area contributed by atoms with Gasteiger partial charge in [0, 0.05) is 38.8 Å². The summed E-state index contributed by atoms with van der Waals surface area (Å²) in [5.41, 5.74) is 0. The lowest BCUT2D eigenvalue weighted by atomic mass is 9.86. The molecule has 18 heavy (non-hydrogen) atoms. The summed E-state index contributed by atoms with van der Waals surface area (Å²) in [5.74, 6) is 0.157. The maximum Gasteiger partial charge on any atom is 0.238 e. The zero-order valence-electron chi connectivity index (χ0n) is 11.4. The van der Waals surface area contributed by atoms with Crippen molar-refractivity contribution in [3.8, 4) is 0 Å². The van der Waals surface area contributed by atoms with Crippen LogP contribution in [0.3, 0.4) is 0 Å². The fourth-order valence-electron chi connectivity index (χ4n) is 2.87. The van der Waals surface area contributed by atoms with Gasteiger partial charge in [0.25, 0.3) is 0 Å². The van der Waals surface area contributed by atoms with Gasteiger partial charge in [0.1, 0.15) is 6.04 Å². The number of piperazine rings is 1. The van der Waals surface area contributed by atoms with E-state index < -0.39 is 0 Å². The van der Waals surface area contributed by atoms with Gasteiger partial charge in [-0.15, -0.1) is 0 Å². The molecule has 104 valence electrons. The molecule has 0 aromatic heterocycles. The van der Waals surface area contributed by atoms with Crippen molar-refractivity contribution in [3.05, 3.63) is 0 Å². The lowest BCUT2D eigenvalue weighted by Crippen LogP contribution is -2.63. The maximum atomic E-state index is 12.0. The lowest BCUT2D eigenvalue weighted by molar-refractivity contribution is -0.131. The highest BCUT2D eigenvalue weighted by Gasteiger charge is 2.40. The van der Waals surface area contributed by atoms with Gasteiger partial charge in [-0.2, -0.15) is 0 Å². The van der Waals surface area contributed by atoms with Crippen LogP contribution < -0.4 is 10.6 Å². The van der Waals surface area contributed by atoms with E-state index in [1.165, 1.54) is 0 Å². The summed E-state index contributed by atoms with van der Waals surface area (Å²) >= 11 is 0. The van der Waals surface area contributed by atoms with Crippen LogP contribution in [-0.2, 0) is 9.53 Å². The van der Waals surface area contributed by atoms with Crippen molar-refractivity contribution in [3.63, 3.8) is 0 Å². The van der Waals surface area contributed by atoms with Crippen LogP contribution in [0.4, 0.5) is 0 Å². The second-order valence-corrected chi connectivity index (χ2v) is 5.05. The van der Waals surface area contributed by atoms with Crippen molar-refractivity contribution in [1.29, 1.82) is 0 Å². The van der Waals surface area contributed by atoms with Crippen LogP contribution >= 0.6 is 0 Å². The molecule has 5 nitrogen and oxygen atoms in total. The molecule has 1 unspecified atom stereocenters. The minimum Gasteiger partial charge on any atom is -0.378 e. The van der Waals surface area contributed by atoms with Gasteiger partial charge in [0.2, 0.25) is 5.91 Å². The number of carbonyl (C=O) groups is 1. The van der Waals surface area contributed by atoms with E-state index in [0.717, 1.165) is 39.1 Å². The summed E-state index contributed by atoms with van der Waals surface area (Å²) in [4.78, 5) is 14.4. The Morgan fingerprint density at radius 2 is 2.22 bits per heavy atom. The highest BCUT2D eigenvalue weighted by atomic mass is 16.5.